The lowest BCUT2D eigenvalue weighted by Gasteiger charge is -2.41. The molecule has 2 heteroatoms. The molecule has 0 aromatic carbocycles. The molecule has 1 aliphatic heterocycles. The van der Waals surface area contributed by atoms with Crippen LogP contribution in [0.1, 0.15) is 46.5 Å². The Hall–Kier alpha value is -0.0800. The molecule has 15 heavy (non-hydrogen) atoms. The molecule has 0 radical (unpaired) electrons. The van der Waals surface area contributed by atoms with Crippen LogP contribution in [0.2, 0.25) is 0 Å². The first-order valence-electron chi connectivity index (χ1n) is 6.40. The van der Waals surface area contributed by atoms with Crippen molar-refractivity contribution in [1.82, 2.24) is 4.90 Å². The fourth-order valence-electron chi connectivity index (χ4n) is 3.03. The molecule has 88 valence electrons. The molecule has 2 N–H and O–H groups in total. The summed E-state index contributed by atoms with van der Waals surface area (Å²) in [6.45, 7) is 10.6. The van der Waals surface area contributed by atoms with E-state index in [4.69, 9.17) is 5.73 Å². The molecule has 0 spiro atoms. The standard InChI is InChI=1S/C13H26N2/c1-12(2)7-4-8-15(9-12)10-13(3,14)11-5-6-11/h11H,4-10,14H2,1-3H3. The molecule has 1 heterocycles. The second-order valence-corrected chi connectivity index (χ2v) is 6.76. The fourth-order valence-corrected chi connectivity index (χ4v) is 3.03. The molecule has 1 aliphatic carbocycles. The Kier molecular flexibility index (Phi) is 2.85. The highest BCUT2D eigenvalue weighted by atomic mass is 15.2. The summed E-state index contributed by atoms with van der Waals surface area (Å²) in [5.41, 5.74) is 6.96. The lowest BCUT2D eigenvalue weighted by atomic mass is 9.83. The van der Waals surface area contributed by atoms with Gasteiger partial charge in [0.1, 0.15) is 0 Å². The summed E-state index contributed by atoms with van der Waals surface area (Å²) in [5.74, 6) is 0.794. The quantitative estimate of drug-likeness (QED) is 0.774. The van der Waals surface area contributed by atoms with E-state index in [2.05, 4.69) is 25.7 Å². The van der Waals surface area contributed by atoms with Crippen LogP contribution in [0.15, 0.2) is 0 Å². The summed E-state index contributed by atoms with van der Waals surface area (Å²) in [6, 6.07) is 0. The van der Waals surface area contributed by atoms with Gasteiger partial charge in [-0.2, -0.15) is 0 Å². The zero-order chi connectivity index (χ0) is 11.1. The Morgan fingerprint density at radius 1 is 1.40 bits per heavy atom. The maximum Gasteiger partial charge on any atom is 0.0283 e. The van der Waals surface area contributed by atoms with Crippen molar-refractivity contribution in [2.75, 3.05) is 19.6 Å². The summed E-state index contributed by atoms with van der Waals surface area (Å²) in [5, 5.41) is 0. The van der Waals surface area contributed by atoms with E-state index in [0.29, 0.717) is 5.41 Å². The van der Waals surface area contributed by atoms with Gasteiger partial charge in [-0.25, -0.2) is 0 Å². The number of nitrogens with two attached hydrogens (primary N) is 1. The largest absolute Gasteiger partial charge is 0.324 e. The van der Waals surface area contributed by atoms with Gasteiger partial charge < -0.3 is 10.6 Å². The van der Waals surface area contributed by atoms with Gasteiger partial charge in [0.15, 0.2) is 0 Å². The third kappa shape index (κ3) is 2.94. The smallest absolute Gasteiger partial charge is 0.0283 e. The number of hydrogen-bond donors (Lipinski definition) is 1. The molecular weight excluding hydrogens is 184 g/mol. The van der Waals surface area contributed by atoms with Crippen molar-refractivity contribution in [3.05, 3.63) is 0 Å². The molecule has 0 aromatic heterocycles. The van der Waals surface area contributed by atoms with Gasteiger partial charge in [0.05, 0.1) is 0 Å². The van der Waals surface area contributed by atoms with Gasteiger partial charge in [0.2, 0.25) is 0 Å². The lowest BCUT2D eigenvalue weighted by Crippen LogP contribution is -2.53. The molecule has 2 fully saturated rings. The first kappa shape index (κ1) is 11.4. The molecule has 0 bridgehead atoms. The van der Waals surface area contributed by atoms with E-state index in [1.165, 1.54) is 38.8 Å². The van der Waals surface area contributed by atoms with Gasteiger partial charge in [-0.3, -0.25) is 0 Å². The first-order valence-corrected chi connectivity index (χ1v) is 6.40. The molecule has 1 saturated heterocycles. The molecule has 0 aromatic rings. The highest BCUT2D eigenvalue weighted by Gasteiger charge is 2.40. The first-order chi connectivity index (χ1) is 6.89. The Bertz CT molecular complexity index is 229. The second-order valence-electron chi connectivity index (χ2n) is 6.76. The van der Waals surface area contributed by atoms with Gasteiger partial charge in [-0.05, 0) is 50.5 Å². The van der Waals surface area contributed by atoms with Crippen LogP contribution in [0.4, 0.5) is 0 Å². The van der Waals surface area contributed by atoms with Gasteiger partial charge >= 0.3 is 0 Å². The van der Waals surface area contributed by atoms with Gasteiger partial charge in [0, 0.05) is 18.6 Å². The van der Waals surface area contributed by atoms with E-state index < -0.39 is 0 Å². The minimum Gasteiger partial charge on any atom is -0.324 e. The Labute approximate surface area is 94.2 Å². The summed E-state index contributed by atoms with van der Waals surface area (Å²) in [4.78, 5) is 2.59. The van der Waals surface area contributed by atoms with Crippen molar-refractivity contribution in [1.29, 1.82) is 0 Å². The highest BCUT2D eigenvalue weighted by molar-refractivity contribution is 4.98. The zero-order valence-electron chi connectivity index (χ0n) is 10.6. The number of rotatable bonds is 3. The molecule has 1 unspecified atom stereocenters. The molecular formula is C13H26N2. The normalized spacial score (nSPS) is 31.2. The van der Waals surface area contributed by atoms with Crippen molar-refractivity contribution in [2.24, 2.45) is 17.1 Å². The fraction of sp³-hybridized carbons (Fsp3) is 1.00. The predicted octanol–water partition coefficient (Wildman–Crippen LogP) is 2.24. The van der Waals surface area contributed by atoms with Crippen molar-refractivity contribution >= 4 is 0 Å². The summed E-state index contributed by atoms with van der Waals surface area (Å²) < 4.78 is 0. The predicted molar refractivity (Wildman–Crippen MR) is 64.8 cm³/mol. The van der Waals surface area contributed by atoms with Gasteiger partial charge in [-0.15, -0.1) is 0 Å². The maximum atomic E-state index is 6.40. The lowest BCUT2D eigenvalue weighted by molar-refractivity contribution is 0.0927. The van der Waals surface area contributed by atoms with Gasteiger partial charge in [0.25, 0.3) is 0 Å². The average Bonchev–Trinajstić information content (AvgIpc) is 2.81. The van der Waals surface area contributed by atoms with Crippen LogP contribution in [0.5, 0.6) is 0 Å². The molecule has 2 rings (SSSR count). The third-order valence-corrected chi connectivity index (χ3v) is 4.05. The SMILES string of the molecule is CC1(C)CCCN(CC(C)(N)C2CC2)C1. The van der Waals surface area contributed by atoms with Crippen LogP contribution >= 0.6 is 0 Å². The van der Waals surface area contributed by atoms with Crippen molar-refractivity contribution in [2.45, 2.75) is 52.0 Å². The Balaban J connectivity index is 1.88. The third-order valence-electron chi connectivity index (χ3n) is 4.05. The molecule has 1 atom stereocenters. The van der Waals surface area contributed by atoms with E-state index in [1.54, 1.807) is 0 Å². The van der Waals surface area contributed by atoms with E-state index in [9.17, 15) is 0 Å². The number of piperidine rings is 1. The monoisotopic (exact) mass is 210 g/mol. The van der Waals surface area contributed by atoms with Crippen LogP contribution < -0.4 is 5.73 Å². The molecule has 2 nitrogen and oxygen atoms in total. The minimum absolute atomic E-state index is 0.0629. The molecule has 0 amide bonds. The van der Waals surface area contributed by atoms with E-state index in [1.807, 2.05) is 0 Å². The van der Waals surface area contributed by atoms with Crippen molar-refractivity contribution in [3.63, 3.8) is 0 Å². The highest BCUT2D eigenvalue weighted by Crippen LogP contribution is 2.39. The van der Waals surface area contributed by atoms with Crippen LogP contribution in [-0.4, -0.2) is 30.1 Å². The summed E-state index contributed by atoms with van der Waals surface area (Å²) >= 11 is 0. The van der Waals surface area contributed by atoms with Crippen LogP contribution in [0.25, 0.3) is 0 Å². The topological polar surface area (TPSA) is 29.3 Å². The molecule has 2 aliphatic rings. The summed E-state index contributed by atoms with van der Waals surface area (Å²) in [7, 11) is 0. The summed E-state index contributed by atoms with van der Waals surface area (Å²) in [6.07, 6.45) is 5.41. The van der Waals surface area contributed by atoms with Crippen LogP contribution in [0, 0.1) is 11.3 Å². The molecule has 1 saturated carbocycles. The maximum absolute atomic E-state index is 6.40. The van der Waals surface area contributed by atoms with Crippen LogP contribution in [-0.2, 0) is 0 Å². The van der Waals surface area contributed by atoms with Crippen molar-refractivity contribution in [3.8, 4) is 0 Å². The average molecular weight is 210 g/mol. The van der Waals surface area contributed by atoms with Crippen molar-refractivity contribution < 1.29 is 0 Å². The minimum atomic E-state index is 0.0629. The van der Waals surface area contributed by atoms with Crippen LogP contribution in [0.3, 0.4) is 0 Å². The number of nitrogens with zero attached hydrogens (tertiary/aromatic N) is 1. The Morgan fingerprint density at radius 3 is 2.60 bits per heavy atom. The zero-order valence-corrected chi connectivity index (χ0v) is 10.6. The number of likely N-dealkylation sites (tertiary alicyclic amines) is 1. The van der Waals surface area contributed by atoms with E-state index in [0.717, 1.165) is 12.5 Å². The van der Waals surface area contributed by atoms with E-state index in [-0.39, 0.29) is 5.54 Å². The van der Waals surface area contributed by atoms with Gasteiger partial charge in [-0.1, -0.05) is 13.8 Å². The van der Waals surface area contributed by atoms with E-state index >= 15 is 0 Å². The second kappa shape index (κ2) is 3.74. The Morgan fingerprint density at radius 2 is 2.07 bits per heavy atom. The number of hydrogen-bond acceptors (Lipinski definition) is 2.